The summed E-state index contributed by atoms with van der Waals surface area (Å²) < 4.78 is 23.2. The average molecular weight is 538 g/mol. The molecule has 2 nitrogen and oxygen atoms in total. The predicted molar refractivity (Wildman–Crippen MR) is 104 cm³/mol. The van der Waals surface area contributed by atoms with E-state index >= 15 is 0 Å². The van der Waals surface area contributed by atoms with Gasteiger partial charge in [-0.05, 0) is 0 Å². The second kappa shape index (κ2) is 6.35. The van der Waals surface area contributed by atoms with E-state index in [-0.39, 0.29) is 10.3 Å². The first kappa shape index (κ1) is 18.3. The molecule has 3 rings (SSSR count). The molecule has 0 N–H and O–H groups in total. The van der Waals surface area contributed by atoms with Crippen molar-refractivity contribution in [3.8, 4) is 0 Å². The number of hydrogen-bond acceptors (Lipinski definition) is 2. The van der Waals surface area contributed by atoms with Crippen LogP contribution in [0.4, 0.5) is 0 Å². The van der Waals surface area contributed by atoms with Gasteiger partial charge in [0.25, 0.3) is 0 Å². The Balaban J connectivity index is 2.04. The van der Waals surface area contributed by atoms with Crippen LogP contribution in [0, 0.1) is 5.92 Å². The summed E-state index contributed by atoms with van der Waals surface area (Å²) in [5.41, 5.74) is 0. The molecule has 0 radical (unpaired) electrons. The molecule has 1 heterocycles. The SMILES string of the molecule is CC1C(C)(C)P(=O)([O][Bi]([c]2ccccc2)[c]2ccccc2)C1(C)C. The van der Waals surface area contributed by atoms with Gasteiger partial charge in [-0.15, -0.1) is 0 Å². The Labute approximate surface area is 154 Å². The van der Waals surface area contributed by atoms with E-state index in [0.717, 1.165) is 0 Å². The van der Waals surface area contributed by atoms with Crippen LogP contribution >= 0.6 is 7.37 Å². The molecule has 0 unspecified atom stereocenters. The third-order valence-electron chi connectivity index (χ3n) is 5.81. The zero-order chi connectivity index (χ0) is 17.6. The van der Waals surface area contributed by atoms with Crippen LogP contribution in [0.15, 0.2) is 60.7 Å². The molecule has 0 aromatic heterocycles. The maximum atomic E-state index is 14.0. The fourth-order valence-electron chi connectivity index (χ4n) is 3.75. The van der Waals surface area contributed by atoms with Crippen molar-refractivity contribution in [3.05, 3.63) is 60.7 Å². The molecule has 1 saturated heterocycles. The van der Waals surface area contributed by atoms with E-state index in [1.54, 1.807) is 0 Å². The van der Waals surface area contributed by atoms with Crippen LogP contribution in [-0.4, -0.2) is 32.5 Å². The molecule has 2 aromatic rings. The van der Waals surface area contributed by atoms with Gasteiger partial charge in [-0.25, -0.2) is 0 Å². The second-order valence-electron chi connectivity index (χ2n) is 7.63. The molecular weight excluding hydrogens is 512 g/mol. The first-order valence-corrected chi connectivity index (χ1v) is 14.9. The standard InChI is InChI=1S/C8H17O2P.2C6H5.Bi/c1-6-7(2,3)11(9,10)8(6,4)5;2*1-2-4-6-5-3-1;/h6H,1-5H3,(H,9,10);2*1-5H;/q;;;+1/p-1. The van der Waals surface area contributed by atoms with Gasteiger partial charge in [0.1, 0.15) is 0 Å². The Morgan fingerprint density at radius 1 is 0.833 bits per heavy atom. The van der Waals surface area contributed by atoms with Crippen LogP contribution in [0.25, 0.3) is 0 Å². The van der Waals surface area contributed by atoms with Gasteiger partial charge < -0.3 is 0 Å². The summed E-state index contributed by atoms with van der Waals surface area (Å²) in [4.78, 5) is 0. The monoisotopic (exact) mass is 538 g/mol. The van der Waals surface area contributed by atoms with Gasteiger partial charge in [-0.1, -0.05) is 0 Å². The van der Waals surface area contributed by atoms with E-state index in [4.69, 9.17) is 2.60 Å². The Bertz CT molecular complexity index is 696. The van der Waals surface area contributed by atoms with Crippen molar-refractivity contribution in [1.82, 2.24) is 0 Å². The van der Waals surface area contributed by atoms with Gasteiger partial charge in [0, 0.05) is 0 Å². The quantitative estimate of drug-likeness (QED) is 0.429. The zero-order valence-corrected chi connectivity index (χ0v) is 19.4. The molecule has 1 aliphatic rings. The van der Waals surface area contributed by atoms with E-state index in [1.165, 1.54) is 6.54 Å². The molecule has 0 spiro atoms. The van der Waals surface area contributed by atoms with Gasteiger partial charge in [0.15, 0.2) is 0 Å². The Hall–Kier alpha value is -0.487. The van der Waals surface area contributed by atoms with Crippen molar-refractivity contribution < 1.29 is 7.17 Å². The van der Waals surface area contributed by atoms with Crippen molar-refractivity contribution in [1.29, 1.82) is 0 Å². The van der Waals surface area contributed by atoms with Crippen LogP contribution in [0.5, 0.6) is 0 Å². The van der Waals surface area contributed by atoms with Gasteiger partial charge in [0.2, 0.25) is 0 Å². The molecule has 128 valence electrons. The summed E-state index contributed by atoms with van der Waals surface area (Å²) in [6, 6.07) is 20.8. The van der Waals surface area contributed by atoms with E-state index < -0.39 is 29.6 Å². The fourth-order valence-corrected chi connectivity index (χ4v) is 21.9. The van der Waals surface area contributed by atoms with Crippen LogP contribution in [0.2, 0.25) is 0 Å². The molecular formula is C20H26BiO2P. The molecule has 0 saturated carbocycles. The summed E-state index contributed by atoms with van der Waals surface area (Å²) in [6.07, 6.45) is 0. The molecule has 0 bridgehead atoms. The molecule has 0 amide bonds. The molecule has 0 aliphatic carbocycles. The first-order chi connectivity index (χ1) is 11.2. The van der Waals surface area contributed by atoms with Crippen LogP contribution in [0.1, 0.15) is 34.6 Å². The van der Waals surface area contributed by atoms with E-state index in [2.05, 4.69) is 83.1 Å². The summed E-state index contributed by atoms with van der Waals surface area (Å²) in [6.45, 7) is 10.7. The van der Waals surface area contributed by atoms with Crippen molar-refractivity contribution in [3.63, 3.8) is 0 Å². The van der Waals surface area contributed by atoms with Gasteiger partial charge in [0.05, 0.1) is 0 Å². The minimum absolute atomic E-state index is 0.256. The summed E-state index contributed by atoms with van der Waals surface area (Å²) in [5.74, 6) is 0.383. The number of benzene rings is 2. The van der Waals surface area contributed by atoms with Gasteiger partial charge in [-0.3, -0.25) is 0 Å². The maximum absolute atomic E-state index is 14.0. The average Bonchev–Trinajstić information content (AvgIpc) is 2.59. The molecule has 1 fully saturated rings. The topological polar surface area (TPSA) is 26.3 Å². The Morgan fingerprint density at radius 3 is 1.58 bits per heavy atom. The Morgan fingerprint density at radius 2 is 1.21 bits per heavy atom. The fraction of sp³-hybridized carbons (Fsp3) is 0.400. The number of hydrogen-bond donors (Lipinski definition) is 0. The summed E-state index contributed by atoms with van der Waals surface area (Å²) >= 11 is -2.79. The Kier molecular flexibility index (Phi) is 4.84. The first-order valence-electron chi connectivity index (χ1n) is 8.42. The zero-order valence-electron chi connectivity index (χ0n) is 15.1. The van der Waals surface area contributed by atoms with Crippen LogP contribution in [-0.2, 0) is 7.17 Å². The molecule has 24 heavy (non-hydrogen) atoms. The van der Waals surface area contributed by atoms with E-state index in [0.29, 0.717) is 5.92 Å². The van der Waals surface area contributed by atoms with Crippen LogP contribution < -0.4 is 6.54 Å². The molecule has 1 aliphatic heterocycles. The van der Waals surface area contributed by atoms with Gasteiger partial charge >= 0.3 is 155 Å². The third kappa shape index (κ3) is 2.64. The second-order valence-corrected chi connectivity index (χ2v) is 19.4. The summed E-state index contributed by atoms with van der Waals surface area (Å²) in [5, 5.41) is -0.513. The third-order valence-corrected chi connectivity index (χ3v) is 20.6. The molecule has 2 aromatic carbocycles. The normalized spacial score (nSPS) is 27.7. The van der Waals surface area contributed by atoms with Gasteiger partial charge in [-0.2, -0.15) is 0 Å². The van der Waals surface area contributed by atoms with Crippen molar-refractivity contribution in [2.24, 2.45) is 5.92 Å². The molecule has 4 heteroatoms. The summed E-state index contributed by atoms with van der Waals surface area (Å²) in [7, 11) is -2.75. The van der Waals surface area contributed by atoms with E-state index in [1.807, 2.05) is 12.1 Å². The molecule has 0 atom stereocenters. The van der Waals surface area contributed by atoms with Crippen molar-refractivity contribution in [2.45, 2.75) is 44.9 Å². The van der Waals surface area contributed by atoms with Crippen LogP contribution in [0.3, 0.4) is 0 Å². The number of rotatable bonds is 4. The van der Waals surface area contributed by atoms with E-state index in [9.17, 15) is 4.57 Å². The predicted octanol–water partition coefficient (Wildman–Crippen LogP) is 4.29. The van der Waals surface area contributed by atoms with Crippen molar-refractivity contribution in [2.75, 3.05) is 0 Å². The van der Waals surface area contributed by atoms with Crippen molar-refractivity contribution >= 4 is 36.1 Å². The minimum atomic E-state index is -2.79.